The van der Waals surface area contributed by atoms with Gasteiger partial charge in [0.1, 0.15) is 25.0 Å². The maximum Gasteiger partial charge on any atom is 0.250 e. The zero-order valence-corrected chi connectivity index (χ0v) is 22.3. The molecule has 4 aromatic rings. The van der Waals surface area contributed by atoms with Crippen LogP contribution in [0, 0.1) is 13.8 Å². The number of methoxy groups -OCH3 is 2. The number of benzene rings is 1. The van der Waals surface area contributed by atoms with Gasteiger partial charge < -0.3 is 25.0 Å². The van der Waals surface area contributed by atoms with Crippen molar-refractivity contribution >= 4 is 34.6 Å². The molecule has 1 aliphatic rings. The van der Waals surface area contributed by atoms with E-state index in [2.05, 4.69) is 48.4 Å². The second-order valence-corrected chi connectivity index (χ2v) is 9.23. The SMILES string of the molecule is COCC(=O)Nc1cc(N2C(=S)N[C@H](c3ccccn3)[C@@H]2c2cc(C)n(-n3cnnc3)c2C)ccc1OC. The van der Waals surface area contributed by atoms with E-state index in [4.69, 9.17) is 21.7 Å². The minimum atomic E-state index is -0.287. The summed E-state index contributed by atoms with van der Waals surface area (Å²) in [6, 6.07) is 13.1. The third-order valence-corrected chi connectivity index (χ3v) is 6.81. The van der Waals surface area contributed by atoms with Gasteiger partial charge in [-0.15, -0.1) is 10.2 Å². The Labute approximate surface area is 225 Å². The fourth-order valence-corrected chi connectivity index (χ4v) is 5.29. The summed E-state index contributed by atoms with van der Waals surface area (Å²) in [4.78, 5) is 19.0. The molecular weight excluding hydrogens is 504 g/mol. The first kappa shape index (κ1) is 25.4. The van der Waals surface area contributed by atoms with Crippen LogP contribution < -0.4 is 20.3 Å². The van der Waals surface area contributed by atoms with Gasteiger partial charge in [-0.2, -0.15) is 0 Å². The summed E-state index contributed by atoms with van der Waals surface area (Å²) in [6.45, 7) is 4.02. The van der Waals surface area contributed by atoms with Crippen LogP contribution in [0.3, 0.4) is 0 Å². The van der Waals surface area contributed by atoms with Crippen LogP contribution in [0.5, 0.6) is 5.75 Å². The van der Waals surface area contributed by atoms with Crippen molar-refractivity contribution in [3.05, 3.63) is 84.0 Å². The molecule has 1 saturated heterocycles. The van der Waals surface area contributed by atoms with Crippen molar-refractivity contribution < 1.29 is 14.3 Å². The van der Waals surface area contributed by atoms with Gasteiger partial charge in [0.25, 0.3) is 0 Å². The number of nitrogens with zero attached hydrogens (tertiary/aromatic N) is 6. The summed E-state index contributed by atoms with van der Waals surface area (Å²) in [5, 5.41) is 14.8. The summed E-state index contributed by atoms with van der Waals surface area (Å²) in [5.74, 6) is 0.241. The Morgan fingerprint density at radius 1 is 1.13 bits per heavy atom. The van der Waals surface area contributed by atoms with Crippen molar-refractivity contribution in [3.63, 3.8) is 0 Å². The number of aryl methyl sites for hydroxylation is 1. The first-order valence-electron chi connectivity index (χ1n) is 11.9. The molecule has 0 spiro atoms. The standard InChI is InChI=1S/C26H28N8O3S/c1-16-11-19(17(2)34(16)32-14-28-29-15-32)25-24(20-7-5-6-10-27-20)31-26(38)33(25)18-8-9-22(37-4)21(12-18)30-23(35)13-36-3/h5-12,14-15,24-25H,13H2,1-4H3,(H,30,35)(H,31,38)/t24-,25+/m1/s1. The molecule has 1 fully saturated rings. The van der Waals surface area contributed by atoms with Crippen molar-refractivity contribution in [2.45, 2.75) is 25.9 Å². The van der Waals surface area contributed by atoms with E-state index in [1.165, 1.54) is 7.11 Å². The van der Waals surface area contributed by atoms with E-state index >= 15 is 0 Å². The largest absolute Gasteiger partial charge is 0.495 e. The average molecular weight is 533 g/mol. The molecule has 11 nitrogen and oxygen atoms in total. The van der Waals surface area contributed by atoms with E-state index in [1.54, 1.807) is 26.0 Å². The normalized spacial score (nSPS) is 16.9. The Kier molecular flexibility index (Phi) is 7.07. The fourth-order valence-electron chi connectivity index (χ4n) is 4.94. The minimum absolute atomic E-state index is 0.0729. The molecule has 2 atom stereocenters. The van der Waals surface area contributed by atoms with Crippen molar-refractivity contribution in [1.29, 1.82) is 0 Å². The first-order chi connectivity index (χ1) is 18.4. The smallest absolute Gasteiger partial charge is 0.250 e. The number of rotatable bonds is 8. The average Bonchev–Trinajstić information content (AvgIpc) is 3.62. The quantitative estimate of drug-likeness (QED) is 0.331. The Morgan fingerprint density at radius 2 is 1.92 bits per heavy atom. The molecule has 38 heavy (non-hydrogen) atoms. The van der Waals surface area contributed by atoms with Gasteiger partial charge >= 0.3 is 0 Å². The molecule has 1 aromatic carbocycles. The lowest BCUT2D eigenvalue weighted by molar-refractivity contribution is -0.119. The van der Waals surface area contributed by atoms with Crippen LogP contribution in [0.2, 0.25) is 0 Å². The Hall–Kier alpha value is -4.29. The van der Waals surface area contributed by atoms with Crippen molar-refractivity contribution in [2.75, 3.05) is 31.0 Å². The molecule has 1 aliphatic heterocycles. The number of amides is 1. The van der Waals surface area contributed by atoms with Gasteiger partial charge in [0.15, 0.2) is 5.11 Å². The molecule has 0 aliphatic carbocycles. The summed E-state index contributed by atoms with van der Waals surface area (Å²) in [6.07, 6.45) is 5.10. The molecule has 0 saturated carbocycles. The lowest BCUT2D eigenvalue weighted by Gasteiger charge is -2.29. The van der Waals surface area contributed by atoms with Crippen LogP contribution in [0.4, 0.5) is 11.4 Å². The molecule has 12 heteroatoms. The van der Waals surface area contributed by atoms with Crippen molar-refractivity contribution in [1.82, 2.24) is 29.9 Å². The monoisotopic (exact) mass is 532 g/mol. The van der Waals surface area contributed by atoms with E-state index < -0.39 is 0 Å². The highest BCUT2D eigenvalue weighted by molar-refractivity contribution is 7.80. The number of carbonyl (C=O) groups excluding carboxylic acids is 1. The van der Waals surface area contributed by atoms with Crippen molar-refractivity contribution in [2.24, 2.45) is 0 Å². The highest BCUT2D eigenvalue weighted by Gasteiger charge is 2.42. The molecular formula is C26H28N8O3S. The maximum atomic E-state index is 12.3. The predicted molar refractivity (Wildman–Crippen MR) is 146 cm³/mol. The predicted octanol–water partition coefficient (Wildman–Crippen LogP) is 3.17. The topological polar surface area (TPSA) is 111 Å². The molecule has 0 unspecified atom stereocenters. The van der Waals surface area contributed by atoms with Gasteiger partial charge in [-0.25, -0.2) is 4.68 Å². The number of pyridine rings is 1. The molecule has 0 radical (unpaired) electrons. The maximum absolute atomic E-state index is 12.3. The van der Waals surface area contributed by atoms with E-state index in [0.29, 0.717) is 16.5 Å². The fraction of sp³-hybridized carbons (Fsp3) is 0.269. The molecule has 5 rings (SSSR count). The molecule has 3 aromatic heterocycles. The summed E-state index contributed by atoms with van der Waals surface area (Å²) >= 11 is 5.89. The van der Waals surface area contributed by atoms with Crippen LogP contribution in [0.15, 0.2) is 61.3 Å². The second kappa shape index (κ2) is 10.6. The summed E-state index contributed by atoms with van der Waals surface area (Å²) in [5.41, 5.74) is 5.24. The van der Waals surface area contributed by atoms with Crippen LogP contribution in [-0.2, 0) is 9.53 Å². The van der Waals surface area contributed by atoms with E-state index in [1.807, 2.05) is 48.0 Å². The summed E-state index contributed by atoms with van der Waals surface area (Å²) in [7, 11) is 3.03. The number of hydrogen-bond donors (Lipinski definition) is 2. The second-order valence-electron chi connectivity index (χ2n) is 8.84. The van der Waals surface area contributed by atoms with Gasteiger partial charge in [-0.1, -0.05) is 6.07 Å². The van der Waals surface area contributed by atoms with E-state index in [0.717, 1.165) is 28.3 Å². The lowest BCUT2D eigenvalue weighted by atomic mass is 9.96. The van der Waals surface area contributed by atoms with E-state index in [-0.39, 0.29) is 24.6 Å². The van der Waals surface area contributed by atoms with Gasteiger partial charge in [-0.05, 0) is 62.5 Å². The van der Waals surface area contributed by atoms with Crippen molar-refractivity contribution in [3.8, 4) is 5.75 Å². The zero-order chi connectivity index (χ0) is 26.8. The molecule has 1 amide bonds. The van der Waals surface area contributed by atoms with Crippen LogP contribution >= 0.6 is 12.2 Å². The van der Waals surface area contributed by atoms with Gasteiger partial charge in [0.2, 0.25) is 5.91 Å². The zero-order valence-electron chi connectivity index (χ0n) is 21.5. The minimum Gasteiger partial charge on any atom is -0.495 e. The number of hydrogen-bond acceptors (Lipinski definition) is 7. The summed E-state index contributed by atoms with van der Waals surface area (Å²) < 4.78 is 14.4. The number of thiocarbonyl (C=S) groups is 1. The van der Waals surface area contributed by atoms with Crippen LogP contribution in [0.25, 0.3) is 0 Å². The van der Waals surface area contributed by atoms with Gasteiger partial charge in [-0.3, -0.25) is 14.5 Å². The Morgan fingerprint density at radius 3 is 2.61 bits per heavy atom. The van der Waals surface area contributed by atoms with E-state index in [9.17, 15) is 4.79 Å². The first-order valence-corrected chi connectivity index (χ1v) is 12.3. The third-order valence-electron chi connectivity index (χ3n) is 6.50. The van der Waals surface area contributed by atoms with Gasteiger partial charge in [0.05, 0.1) is 30.6 Å². The molecule has 2 N–H and O–H groups in total. The molecule has 0 bridgehead atoms. The molecule has 196 valence electrons. The number of aromatic nitrogens is 5. The highest BCUT2D eigenvalue weighted by Crippen LogP contribution is 2.44. The third kappa shape index (κ3) is 4.59. The number of ether oxygens (including phenoxy) is 2. The van der Waals surface area contributed by atoms with Gasteiger partial charge in [0, 0.05) is 35.9 Å². The van der Waals surface area contributed by atoms with Crippen LogP contribution in [-0.4, -0.2) is 56.4 Å². The number of nitrogens with one attached hydrogen (secondary N) is 2. The lowest BCUT2D eigenvalue weighted by Crippen LogP contribution is -2.30. The number of carbonyl (C=O) groups is 1. The molecule has 4 heterocycles. The van der Waals surface area contributed by atoms with Crippen LogP contribution in [0.1, 0.15) is 34.7 Å². The Bertz CT molecular complexity index is 1450. The highest BCUT2D eigenvalue weighted by atomic mass is 32.1. The number of anilines is 2. The Balaban J connectivity index is 1.64.